The molecule has 4 heteroatoms. The molecule has 0 aliphatic heterocycles. The Labute approximate surface area is 218 Å². The highest BCUT2D eigenvalue weighted by Crippen LogP contribution is 2.66. The lowest BCUT2D eigenvalue weighted by molar-refractivity contribution is -0.916. The molecule has 2 fully saturated rings. The number of carbonyl (C=O) groups is 1. The van der Waals surface area contributed by atoms with Crippen molar-refractivity contribution in [3.05, 3.63) is 47.8 Å². The molecule has 36 heavy (non-hydrogen) atoms. The Morgan fingerprint density at radius 1 is 1.03 bits per heavy atom. The molecule has 0 bridgehead atoms. The Morgan fingerprint density at radius 2 is 1.78 bits per heavy atom. The molecule has 6 atom stereocenters. The van der Waals surface area contributed by atoms with E-state index in [4.69, 9.17) is 4.74 Å². The summed E-state index contributed by atoms with van der Waals surface area (Å²) in [7, 11) is 0. The first kappa shape index (κ1) is 25.7. The Balaban J connectivity index is 1.28. The summed E-state index contributed by atoms with van der Waals surface area (Å²) in [5.41, 5.74) is 4.97. The normalized spacial score (nSPS) is 35.7. The SMILES string of the molecule is CC[N+](CC)(CC)CC(=O)O[C@H]1CC[C@@]2(C)C(=CCC3C2CC[C@]2(C)C(c4cccnc4)=CCC32)C1. The van der Waals surface area contributed by atoms with Crippen LogP contribution in [-0.2, 0) is 9.53 Å². The number of likely N-dealkylation sites (N-methyl/N-ethyl adjacent to an activating group) is 1. The van der Waals surface area contributed by atoms with Gasteiger partial charge < -0.3 is 9.22 Å². The van der Waals surface area contributed by atoms with Gasteiger partial charge in [-0.2, -0.15) is 0 Å². The summed E-state index contributed by atoms with van der Waals surface area (Å²) in [5, 5.41) is 0. The molecule has 0 N–H and O–H groups in total. The van der Waals surface area contributed by atoms with Crippen molar-refractivity contribution in [3.63, 3.8) is 0 Å². The number of quaternary nitrogens is 1. The molecule has 0 spiro atoms. The van der Waals surface area contributed by atoms with Crippen molar-refractivity contribution >= 4 is 11.5 Å². The van der Waals surface area contributed by atoms with E-state index in [1.807, 2.05) is 6.20 Å². The minimum atomic E-state index is -0.00293. The van der Waals surface area contributed by atoms with E-state index >= 15 is 0 Å². The average Bonchev–Trinajstić information content (AvgIpc) is 3.25. The van der Waals surface area contributed by atoms with E-state index < -0.39 is 0 Å². The van der Waals surface area contributed by atoms with E-state index in [1.165, 1.54) is 36.8 Å². The largest absolute Gasteiger partial charge is 0.458 e. The highest BCUT2D eigenvalue weighted by Gasteiger charge is 2.57. The molecule has 0 radical (unpaired) electrons. The average molecular weight is 492 g/mol. The molecule has 1 heterocycles. The summed E-state index contributed by atoms with van der Waals surface area (Å²) in [6.45, 7) is 15.1. The van der Waals surface area contributed by atoms with E-state index in [2.05, 4.69) is 70.1 Å². The van der Waals surface area contributed by atoms with E-state index in [0.717, 1.165) is 61.1 Å². The predicted molar refractivity (Wildman–Crippen MR) is 146 cm³/mol. The Bertz CT molecular complexity index is 1020. The maximum atomic E-state index is 12.9. The van der Waals surface area contributed by atoms with Crippen molar-refractivity contribution in [3.8, 4) is 0 Å². The number of hydrogen-bond donors (Lipinski definition) is 0. The van der Waals surface area contributed by atoms with Crippen molar-refractivity contribution < 1.29 is 14.0 Å². The van der Waals surface area contributed by atoms with E-state index in [1.54, 1.807) is 5.57 Å². The van der Waals surface area contributed by atoms with Gasteiger partial charge in [0, 0.05) is 18.8 Å². The zero-order valence-corrected chi connectivity index (χ0v) is 23.3. The van der Waals surface area contributed by atoms with Crippen LogP contribution in [0.25, 0.3) is 5.57 Å². The lowest BCUT2D eigenvalue weighted by Gasteiger charge is -2.57. The van der Waals surface area contributed by atoms with Crippen molar-refractivity contribution in [1.29, 1.82) is 0 Å². The number of ether oxygens (including phenoxy) is 1. The lowest BCUT2D eigenvalue weighted by Crippen LogP contribution is -2.52. The Morgan fingerprint density at radius 3 is 2.47 bits per heavy atom. The molecule has 1 aromatic heterocycles. The highest BCUT2D eigenvalue weighted by atomic mass is 16.5. The van der Waals surface area contributed by atoms with Gasteiger partial charge in [0.15, 0.2) is 6.54 Å². The number of hydrogen-bond acceptors (Lipinski definition) is 3. The van der Waals surface area contributed by atoms with E-state index in [9.17, 15) is 4.79 Å². The van der Waals surface area contributed by atoms with Crippen LogP contribution in [0.4, 0.5) is 0 Å². The first-order chi connectivity index (χ1) is 17.3. The topological polar surface area (TPSA) is 39.2 Å². The summed E-state index contributed by atoms with van der Waals surface area (Å²) in [6.07, 6.45) is 17.2. The fourth-order valence-corrected chi connectivity index (χ4v) is 8.77. The molecule has 4 nitrogen and oxygen atoms in total. The minimum absolute atomic E-state index is 0.00293. The number of esters is 1. The smallest absolute Gasteiger partial charge is 0.362 e. The predicted octanol–water partition coefficient (Wildman–Crippen LogP) is 6.83. The van der Waals surface area contributed by atoms with Gasteiger partial charge in [-0.25, -0.2) is 4.79 Å². The zero-order valence-electron chi connectivity index (χ0n) is 23.3. The third kappa shape index (κ3) is 4.18. The van der Waals surface area contributed by atoms with Crippen LogP contribution < -0.4 is 0 Å². The number of aromatic nitrogens is 1. The summed E-state index contributed by atoms with van der Waals surface area (Å²) in [5.74, 6) is 2.22. The first-order valence-electron chi connectivity index (χ1n) is 14.6. The quantitative estimate of drug-likeness (QED) is 0.238. The van der Waals surface area contributed by atoms with Crippen LogP contribution in [0.3, 0.4) is 0 Å². The minimum Gasteiger partial charge on any atom is -0.458 e. The summed E-state index contributed by atoms with van der Waals surface area (Å²) >= 11 is 0. The third-order valence-corrected chi connectivity index (χ3v) is 11.4. The van der Waals surface area contributed by atoms with Crippen LogP contribution >= 0.6 is 0 Å². The Kier molecular flexibility index (Phi) is 6.95. The van der Waals surface area contributed by atoms with Gasteiger partial charge in [0.1, 0.15) is 6.10 Å². The molecule has 196 valence electrons. The number of rotatable bonds is 7. The number of nitrogens with zero attached hydrogens (tertiary/aromatic N) is 2. The van der Waals surface area contributed by atoms with Crippen molar-refractivity contribution in [2.45, 2.75) is 85.7 Å². The molecule has 5 rings (SSSR count). The first-order valence-corrected chi connectivity index (χ1v) is 14.6. The van der Waals surface area contributed by atoms with Crippen molar-refractivity contribution in [1.82, 2.24) is 4.98 Å². The summed E-state index contributed by atoms with van der Waals surface area (Å²) < 4.78 is 6.95. The van der Waals surface area contributed by atoms with Crippen molar-refractivity contribution in [2.75, 3.05) is 26.2 Å². The van der Waals surface area contributed by atoms with Gasteiger partial charge in [-0.15, -0.1) is 0 Å². The lowest BCUT2D eigenvalue weighted by atomic mass is 9.47. The maximum Gasteiger partial charge on any atom is 0.362 e. The van der Waals surface area contributed by atoms with Gasteiger partial charge in [-0.1, -0.05) is 37.6 Å². The molecule has 4 aliphatic rings. The van der Waals surface area contributed by atoms with E-state index in [-0.39, 0.29) is 22.9 Å². The van der Waals surface area contributed by atoms with Crippen LogP contribution in [-0.4, -0.2) is 47.7 Å². The second-order valence-electron chi connectivity index (χ2n) is 12.6. The molecule has 0 aromatic carbocycles. The second-order valence-corrected chi connectivity index (χ2v) is 12.6. The number of pyridine rings is 1. The monoisotopic (exact) mass is 491 g/mol. The van der Waals surface area contributed by atoms with Gasteiger partial charge >= 0.3 is 5.97 Å². The number of fused-ring (bicyclic) bond motifs is 5. The number of allylic oxidation sites excluding steroid dienone is 3. The maximum absolute atomic E-state index is 12.9. The molecule has 2 saturated carbocycles. The highest BCUT2D eigenvalue weighted by molar-refractivity contribution is 5.72. The van der Waals surface area contributed by atoms with Crippen LogP contribution in [0.15, 0.2) is 42.3 Å². The van der Waals surface area contributed by atoms with Crippen LogP contribution in [0.2, 0.25) is 0 Å². The standard InChI is InChI=1S/C32H47N2O2/c1-6-34(7-2,8-3)22-30(35)36-25-15-17-31(4)24(20-25)11-12-26-28-14-13-27(23-10-9-19-33-21-23)32(28,5)18-16-29(26)31/h9-11,13,19,21,25-26,28-29H,6-8,12,14-18,20,22H2,1-5H3/q+1/t25-,26?,28?,29?,31-,32+/m0/s1. The van der Waals surface area contributed by atoms with Gasteiger partial charge in [0.25, 0.3) is 0 Å². The van der Waals surface area contributed by atoms with E-state index in [0.29, 0.717) is 6.54 Å². The van der Waals surface area contributed by atoms with Crippen LogP contribution in [0, 0.1) is 28.6 Å². The fraction of sp³-hybridized carbons (Fsp3) is 0.688. The summed E-state index contributed by atoms with van der Waals surface area (Å²) in [6, 6.07) is 4.32. The van der Waals surface area contributed by atoms with Gasteiger partial charge in [-0.3, -0.25) is 4.98 Å². The van der Waals surface area contributed by atoms with Gasteiger partial charge in [0.05, 0.1) is 19.6 Å². The van der Waals surface area contributed by atoms with Gasteiger partial charge in [0.2, 0.25) is 0 Å². The Hall–Kier alpha value is -1.94. The van der Waals surface area contributed by atoms with Crippen LogP contribution in [0.5, 0.6) is 0 Å². The van der Waals surface area contributed by atoms with Crippen LogP contribution in [0.1, 0.15) is 85.1 Å². The third-order valence-electron chi connectivity index (χ3n) is 11.4. The van der Waals surface area contributed by atoms with Crippen molar-refractivity contribution in [2.24, 2.45) is 28.6 Å². The molecule has 1 aromatic rings. The molecule has 0 amide bonds. The molecule has 4 aliphatic carbocycles. The fourth-order valence-electron chi connectivity index (χ4n) is 8.77. The zero-order chi connectivity index (χ0) is 25.6. The van der Waals surface area contributed by atoms with Gasteiger partial charge in [-0.05, 0) is 105 Å². The summed E-state index contributed by atoms with van der Waals surface area (Å²) in [4.78, 5) is 17.3. The molecular formula is C32H47N2O2+. The molecular weight excluding hydrogens is 444 g/mol. The second kappa shape index (κ2) is 9.74. The molecule has 3 unspecified atom stereocenters. The molecule has 0 saturated heterocycles. The number of carbonyl (C=O) groups excluding carboxylic acids is 1.